The molecule has 0 N–H and O–H groups in total. The Morgan fingerprint density at radius 2 is 2.00 bits per heavy atom. The highest BCUT2D eigenvalue weighted by atomic mass is 15.2. The molecule has 1 fully saturated rings. The van der Waals surface area contributed by atoms with Crippen LogP contribution in [-0.4, -0.2) is 18.1 Å². The van der Waals surface area contributed by atoms with Crippen molar-refractivity contribution in [1.82, 2.24) is 4.98 Å². The van der Waals surface area contributed by atoms with E-state index in [1.165, 1.54) is 37.7 Å². The highest BCUT2D eigenvalue weighted by Crippen LogP contribution is 2.26. The van der Waals surface area contributed by atoms with E-state index in [9.17, 15) is 0 Å². The van der Waals surface area contributed by atoms with Crippen molar-refractivity contribution in [3.8, 4) is 0 Å². The normalized spacial score (nSPS) is 17.7. The van der Waals surface area contributed by atoms with Gasteiger partial charge in [0.15, 0.2) is 0 Å². The van der Waals surface area contributed by atoms with Crippen LogP contribution in [0.4, 0.5) is 5.82 Å². The molecule has 1 aliphatic carbocycles. The predicted molar refractivity (Wildman–Crippen MR) is 64.3 cm³/mol. The minimum atomic E-state index is 0.701. The molecule has 2 heteroatoms. The average Bonchev–Trinajstić information content (AvgIpc) is 2.30. The summed E-state index contributed by atoms with van der Waals surface area (Å²) in [6.45, 7) is 2.14. The summed E-state index contributed by atoms with van der Waals surface area (Å²) >= 11 is 0. The van der Waals surface area contributed by atoms with Crippen molar-refractivity contribution in [1.29, 1.82) is 0 Å². The van der Waals surface area contributed by atoms with Crippen molar-refractivity contribution in [3.63, 3.8) is 0 Å². The number of anilines is 1. The highest BCUT2D eigenvalue weighted by Gasteiger charge is 2.19. The Balaban J connectivity index is 2.12. The fourth-order valence-corrected chi connectivity index (χ4v) is 2.49. The molecule has 82 valence electrons. The molecule has 2 rings (SSSR count). The Labute approximate surface area is 92.3 Å². The molecule has 1 aromatic heterocycles. The Kier molecular flexibility index (Phi) is 3.24. The lowest BCUT2D eigenvalue weighted by Crippen LogP contribution is -2.34. The Hall–Kier alpha value is -1.05. The Bertz CT molecular complexity index is 316. The van der Waals surface area contributed by atoms with Crippen molar-refractivity contribution >= 4 is 5.82 Å². The van der Waals surface area contributed by atoms with E-state index >= 15 is 0 Å². The Morgan fingerprint density at radius 1 is 1.27 bits per heavy atom. The average molecular weight is 204 g/mol. The zero-order valence-electron chi connectivity index (χ0n) is 9.74. The first-order valence-corrected chi connectivity index (χ1v) is 5.93. The quantitative estimate of drug-likeness (QED) is 0.735. The van der Waals surface area contributed by atoms with Crippen LogP contribution in [0.2, 0.25) is 0 Å². The molecular formula is C13H20N2. The first kappa shape index (κ1) is 10.5. The van der Waals surface area contributed by atoms with Crippen molar-refractivity contribution < 1.29 is 0 Å². The van der Waals surface area contributed by atoms with Gasteiger partial charge in [-0.3, -0.25) is 0 Å². The van der Waals surface area contributed by atoms with Crippen LogP contribution in [-0.2, 0) is 0 Å². The summed E-state index contributed by atoms with van der Waals surface area (Å²) in [6, 6.07) is 4.85. The lowest BCUT2D eigenvalue weighted by molar-refractivity contribution is 0.425. The molecule has 1 aromatic rings. The topological polar surface area (TPSA) is 16.1 Å². The van der Waals surface area contributed by atoms with E-state index < -0.39 is 0 Å². The van der Waals surface area contributed by atoms with E-state index in [0.29, 0.717) is 6.04 Å². The maximum atomic E-state index is 4.48. The largest absolute Gasteiger partial charge is 0.356 e. The lowest BCUT2D eigenvalue weighted by Gasteiger charge is -2.32. The van der Waals surface area contributed by atoms with Crippen LogP contribution in [0.15, 0.2) is 18.3 Å². The second kappa shape index (κ2) is 4.65. The SMILES string of the molecule is Cc1cccnc1N(C)C1CCCCC1. The molecule has 1 saturated carbocycles. The third-order valence-corrected chi connectivity index (χ3v) is 3.44. The number of hydrogen-bond donors (Lipinski definition) is 0. The minimum absolute atomic E-state index is 0.701. The third-order valence-electron chi connectivity index (χ3n) is 3.44. The maximum absolute atomic E-state index is 4.48. The van der Waals surface area contributed by atoms with Gasteiger partial charge in [-0.05, 0) is 31.4 Å². The van der Waals surface area contributed by atoms with E-state index in [2.05, 4.69) is 29.9 Å². The van der Waals surface area contributed by atoms with Gasteiger partial charge in [0.25, 0.3) is 0 Å². The zero-order chi connectivity index (χ0) is 10.7. The summed E-state index contributed by atoms with van der Waals surface area (Å²) in [7, 11) is 2.19. The first-order valence-electron chi connectivity index (χ1n) is 5.93. The van der Waals surface area contributed by atoms with Crippen LogP contribution >= 0.6 is 0 Å². The van der Waals surface area contributed by atoms with Crippen LogP contribution < -0.4 is 4.90 Å². The van der Waals surface area contributed by atoms with Crippen molar-refractivity contribution in [3.05, 3.63) is 23.9 Å². The van der Waals surface area contributed by atoms with Gasteiger partial charge in [0.05, 0.1) is 0 Å². The lowest BCUT2D eigenvalue weighted by atomic mass is 9.94. The summed E-state index contributed by atoms with van der Waals surface area (Å²) in [6.07, 6.45) is 8.70. The van der Waals surface area contributed by atoms with Gasteiger partial charge in [0.2, 0.25) is 0 Å². The number of rotatable bonds is 2. The van der Waals surface area contributed by atoms with Gasteiger partial charge >= 0.3 is 0 Å². The molecule has 0 bridgehead atoms. The maximum Gasteiger partial charge on any atom is 0.131 e. The van der Waals surface area contributed by atoms with Crippen LogP contribution in [0.3, 0.4) is 0 Å². The number of pyridine rings is 1. The number of hydrogen-bond acceptors (Lipinski definition) is 2. The summed E-state index contributed by atoms with van der Waals surface area (Å²) in [5.74, 6) is 1.16. The summed E-state index contributed by atoms with van der Waals surface area (Å²) in [5.41, 5.74) is 1.28. The molecule has 0 radical (unpaired) electrons. The van der Waals surface area contributed by atoms with Gasteiger partial charge in [0, 0.05) is 19.3 Å². The second-order valence-electron chi connectivity index (χ2n) is 4.55. The van der Waals surface area contributed by atoms with Gasteiger partial charge in [0.1, 0.15) is 5.82 Å². The second-order valence-corrected chi connectivity index (χ2v) is 4.55. The van der Waals surface area contributed by atoms with Gasteiger partial charge in [-0.2, -0.15) is 0 Å². The fraction of sp³-hybridized carbons (Fsp3) is 0.615. The number of aromatic nitrogens is 1. The van der Waals surface area contributed by atoms with Gasteiger partial charge < -0.3 is 4.90 Å². The highest BCUT2D eigenvalue weighted by molar-refractivity contribution is 5.45. The van der Waals surface area contributed by atoms with Crippen LogP contribution in [0.1, 0.15) is 37.7 Å². The molecule has 0 aromatic carbocycles. The molecule has 0 spiro atoms. The Morgan fingerprint density at radius 3 is 2.67 bits per heavy atom. The van der Waals surface area contributed by atoms with Crippen LogP contribution in [0.25, 0.3) is 0 Å². The first-order chi connectivity index (χ1) is 7.29. The van der Waals surface area contributed by atoms with Gasteiger partial charge in [-0.1, -0.05) is 25.3 Å². The minimum Gasteiger partial charge on any atom is -0.356 e. The van der Waals surface area contributed by atoms with Crippen LogP contribution in [0.5, 0.6) is 0 Å². The van der Waals surface area contributed by atoms with E-state index in [4.69, 9.17) is 0 Å². The van der Waals surface area contributed by atoms with E-state index in [-0.39, 0.29) is 0 Å². The molecule has 15 heavy (non-hydrogen) atoms. The van der Waals surface area contributed by atoms with E-state index in [1.807, 2.05) is 12.3 Å². The molecule has 0 saturated heterocycles. The monoisotopic (exact) mass is 204 g/mol. The summed E-state index contributed by atoms with van der Waals surface area (Å²) in [5, 5.41) is 0. The molecule has 1 aliphatic rings. The summed E-state index contributed by atoms with van der Waals surface area (Å²) < 4.78 is 0. The van der Waals surface area contributed by atoms with Gasteiger partial charge in [-0.25, -0.2) is 4.98 Å². The molecule has 0 aliphatic heterocycles. The molecule has 2 nitrogen and oxygen atoms in total. The van der Waals surface area contributed by atoms with Gasteiger partial charge in [-0.15, -0.1) is 0 Å². The predicted octanol–water partition coefficient (Wildman–Crippen LogP) is 3.16. The molecular weight excluding hydrogens is 184 g/mol. The zero-order valence-corrected chi connectivity index (χ0v) is 9.74. The number of aryl methyl sites for hydroxylation is 1. The van der Waals surface area contributed by atoms with Crippen LogP contribution in [0, 0.1) is 6.92 Å². The van der Waals surface area contributed by atoms with E-state index in [0.717, 1.165) is 5.82 Å². The number of nitrogens with zero attached hydrogens (tertiary/aromatic N) is 2. The smallest absolute Gasteiger partial charge is 0.131 e. The van der Waals surface area contributed by atoms with Crippen molar-refractivity contribution in [2.45, 2.75) is 45.1 Å². The van der Waals surface area contributed by atoms with Crippen molar-refractivity contribution in [2.75, 3.05) is 11.9 Å². The standard InChI is InChI=1S/C13H20N2/c1-11-7-6-10-14-13(11)15(2)12-8-4-3-5-9-12/h6-7,10,12H,3-5,8-9H2,1-2H3. The molecule has 0 amide bonds. The van der Waals surface area contributed by atoms with E-state index in [1.54, 1.807) is 0 Å². The molecule has 1 heterocycles. The molecule has 0 atom stereocenters. The third kappa shape index (κ3) is 2.31. The summed E-state index contributed by atoms with van der Waals surface area (Å²) in [4.78, 5) is 6.85. The fourth-order valence-electron chi connectivity index (χ4n) is 2.49. The van der Waals surface area contributed by atoms with Crippen molar-refractivity contribution in [2.24, 2.45) is 0 Å². The molecule has 0 unspecified atom stereocenters.